The van der Waals surface area contributed by atoms with E-state index in [1.54, 1.807) is 0 Å². The fourth-order valence-electron chi connectivity index (χ4n) is 4.32. The van der Waals surface area contributed by atoms with Gasteiger partial charge in [-0.1, -0.05) is 44.5 Å². The summed E-state index contributed by atoms with van der Waals surface area (Å²) in [6, 6.07) is 8.80. The van der Waals surface area contributed by atoms with Crippen molar-refractivity contribution in [3.05, 3.63) is 42.4 Å². The SMILES string of the molecule is CC1(C)CCC[C@@H](C2c3ccccc3-c3cncn32)[C@@H]1O. The van der Waals surface area contributed by atoms with E-state index in [0.717, 1.165) is 12.8 Å². The molecule has 0 bridgehead atoms. The van der Waals surface area contributed by atoms with E-state index < -0.39 is 0 Å². The molecule has 1 aliphatic carbocycles. The first kappa shape index (κ1) is 13.1. The molecule has 0 saturated heterocycles. The van der Waals surface area contributed by atoms with Gasteiger partial charge in [-0.2, -0.15) is 0 Å². The minimum absolute atomic E-state index is 0.00119. The highest BCUT2D eigenvalue weighted by Gasteiger charge is 2.45. The van der Waals surface area contributed by atoms with Gasteiger partial charge in [0.25, 0.3) is 0 Å². The van der Waals surface area contributed by atoms with Gasteiger partial charge in [-0.15, -0.1) is 0 Å². The Kier molecular flexibility index (Phi) is 2.77. The third kappa shape index (κ3) is 1.80. The van der Waals surface area contributed by atoms with Gasteiger partial charge in [0.1, 0.15) is 0 Å². The summed E-state index contributed by atoms with van der Waals surface area (Å²) in [5.41, 5.74) is 3.81. The third-order valence-corrected chi connectivity index (χ3v) is 5.49. The maximum absolute atomic E-state index is 10.9. The van der Waals surface area contributed by atoms with Crippen LogP contribution >= 0.6 is 0 Å². The van der Waals surface area contributed by atoms with Gasteiger partial charge in [-0.3, -0.25) is 0 Å². The third-order valence-electron chi connectivity index (χ3n) is 5.49. The highest BCUT2D eigenvalue weighted by molar-refractivity contribution is 5.69. The minimum Gasteiger partial charge on any atom is -0.392 e. The average Bonchev–Trinajstić information content (AvgIpc) is 3.03. The number of aliphatic hydroxyl groups is 1. The predicted molar refractivity (Wildman–Crippen MR) is 82.9 cm³/mol. The van der Waals surface area contributed by atoms with Crippen molar-refractivity contribution in [3.63, 3.8) is 0 Å². The molecule has 0 spiro atoms. The number of rotatable bonds is 1. The highest BCUT2D eigenvalue weighted by atomic mass is 16.3. The van der Waals surface area contributed by atoms with Gasteiger partial charge in [0.15, 0.2) is 0 Å². The summed E-state index contributed by atoms with van der Waals surface area (Å²) >= 11 is 0. The molecule has 1 saturated carbocycles. The molecule has 2 heterocycles. The van der Waals surface area contributed by atoms with Gasteiger partial charge in [0.2, 0.25) is 0 Å². The van der Waals surface area contributed by atoms with Crippen LogP contribution in [0.1, 0.15) is 44.7 Å². The molecule has 4 rings (SSSR count). The lowest BCUT2D eigenvalue weighted by Gasteiger charge is -2.43. The zero-order valence-corrected chi connectivity index (χ0v) is 12.7. The molecule has 2 aliphatic rings. The van der Waals surface area contributed by atoms with Crippen LogP contribution in [0.15, 0.2) is 36.8 Å². The molecule has 1 unspecified atom stereocenters. The average molecular weight is 282 g/mol. The van der Waals surface area contributed by atoms with Crippen molar-refractivity contribution in [1.29, 1.82) is 0 Å². The molecule has 1 aliphatic heterocycles. The van der Waals surface area contributed by atoms with Gasteiger partial charge in [-0.25, -0.2) is 4.98 Å². The number of hydrogen-bond donors (Lipinski definition) is 1. The largest absolute Gasteiger partial charge is 0.392 e. The maximum Gasteiger partial charge on any atom is 0.0956 e. The van der Waals surface area contributed by atoms with Gasteiger partial charge in [0, 0.05) is 11.5 Å². The van der Waals surface area contributed by atoms with Crippen LogP contribution in [0.25, 0.3) is 11.3 Å². The van der Waals surface area contributed by atoms with Crippen LogP contribution in [0.5, 0.6) is 0 Å². The molecule has 3 nitrogen and oxygen atoms in total. The topological polar surface area (TPSA) is 38.0 Å². The Bertz CT molecular complexity index is 673. The molecule has 3 heteroatoms. The Hall–Kier alpha value is -1.61. The normalized spacial score (nSPS) is 30.0. The summed E-state index contributed by atoms with van der Waals surface area (Å²) in [6.07, 6.45) is 6.99. The Balaban J connectivity index is 1.82. The monoisotopic (exact) mass is 282 g/mol. The summed E-state index contributed by atoms with van der Waals surface area (Å²) in [5.74, 6) is 0.269. The molecule has 1 aromatic carbocycles. The number of nitrogens with zero attached hydrogens (tertiary/aromatic N) is 2. The van der Waals surface area contributed by atoms with E-state index in [1.807, 2.05) is 12.5 Å². The van der Waals surface area contributed by atoms with Gasteiger partial charge in [-0.05, 0) is 23.8 Å². The first-order chi connectivity index (χ1) is 10.1. The van der Waals surface area contributed by atoms with E-state index in [2.05, 4.69) is 47.7 Å². The van der Waals surface area contributed by atoms with Crippen LogP contribution < -0.4 is 0 Å². The molecule has 0 amide bonds. The molecule has 21 heavy (non-hydrogen) atoms. The Morgan fingerprint density at radius 3 is 2.95 bits per heavy atom. The lowest BCUT2D eigenvalue weighted by Crippen LogP contribution is -2.43. The van der Waals surface area contributed by atoms with Crippen molar-refractivity contribution in [2.24, 2.45) is 11.3 Å². The smallest absolute Gasteiger partial charge is 0.0956 e. The lowest BCUT2D eigenvalue weighted by atomic mass is 9.66. The lowest BCUT2D eigenvalue weighted by molar-refractivity contribution is -0.0443. The van der Waals surface area contributed by atoms with Gasteiger partial charge in [0.05, 0.1) is 30.4 Å². The van der Waals surface area contributed by atoms with Crippen molar-refractivity contribution in [2.45, 2.75) is 45.3 Å². The second-order valence-electron chi connectivity index (χ2n) is 7.21. The fourth-order valence-corrected chi connectivity index (χ4v) is 4.32. The number of fused-ring (bicyclic) bond motifs is 3. The standard InChI is InChI=1S/C18H22N2O/c1-18(2)9-5-8-14(17(18)21)16-13-7-4-3-6-12(13)15-10-19-11-20(15)16/h3-4,6-7,10-11,14,16-17,21H,5,8-9H2,1-2H3/t14-,16?,17-/m0/s1. The Labute approximate surface area is 125 Å². The molecule has 1 N–H and O–H groups in total. The molecule has 2 aromatic rings. The summed E-state index contributed by atoms with van der Waals surface area (Å²) in [6.45, 7) is 4.39. The van der Waals surface area contributed by atoms with Crippen LogP contribution in [0.3, 0.4) is 0 Å². The van der Waals surface area contributed by atoms with Gasteiger partial charge >= 0.3 is 0 Å². The molecule has 110 valence electrons. The van der Waals surface area contributed by atoms with E-state index in [4.69, 9.17) is 0 Å². The van der Waals surface area contributed by atoms with Crippen molar-refractivity contribution in [2.75, 3.05) is 0 Å². The predicted octanol–water partition coefficient (Wildman–Crippen LogP) is 3.64. The molecule has 0 radical (unpaired) electrons. The van der Waals surface area contributed by atoms with E-state index >= 15 is 0 Å². The van der Waals surface area contributed by atoms with Crippen LogP contribution in [0, 0.1) is 11.3 Å². The molecule has 3 atom stereocenters. The van der Waals surface area contributed by atoms with Crippen molar-refractivity contribution < 1.29 is 5.11 Å². The van der Waals surface area contributed by atoms with Crippen molar-refractivity contribution >= 4 is 0 Å². The van der Waals surface area contributed by atoms with Crippen molar-refractivity contribution in [1.82, 2.24) is 9.55 Å². The van der Waals surface area contributed by atoms with Crippen LogP contribution in [-0.4, -0.2) is 20.8 Å². The molecule has 1 aromatic heterocycles. The van der Waals surface area contributed by atoms with E-state index in [1.165, 1.54) is 23.2 Å². The number of aromatic nitrogens is 2. The summed E-state index contributed by atoms with van der Waals surface area (Å²) in [5, 5.41) is 10.9. The van der Waals surface area contributed by atoms with E-state index in [9.17, 15) is 5.11 Å². The highest BCUT2D eigenvalue weighted by Crippen LogP contribution is 2.50. The van der Waals surface area contributed by atoms with Crippen LogP contribution in [0.2, 0.25) is 0 Å². The zero-order chi connectivity index (χ0) is 14.6. The summed E-state index contributed by atoms with van der Waals surface area (Å²) < 4.78 is 2.26. The van der Waals surface area contributed by atoms with Crippen molar-refractivity contribution in [3.8, 4) is 11.3 Å². The van der Waals surface area contributed by atoms with Gasteiger partial charge < -0.3 is 9.67 Å². The number of aliphatic hydroxyl groups excluding tert-OH is 1. The second-order valence-corrected chi connectivity index (χ2v) is 7.21. The van der Waals surface area contributed by atoms with Crippen LogP contribution in [0.4, 0.5) is 0 Å². The van der Waals surface area contributed by atoms with E-state index in [-0.39, 0.29) is 23.5 Å². The summed E-state index contributed by atoms with van der Waals surface area (Å²) in [4.78, 5) is 4.33. The van der Waals surface area contributed by atoms with Crippen LogP contribution in [-0.2, 0) is 0 Å². The minimum atomic E-state index is -0.266. The molecule has 1 fully saturated rings. The molecular weight excluding hydrogens is 260 g/mol. The second kappa shape index (κ2) is 4.44. The quantitative estimate of drug-likeness (QED) is 0.867. The summed E-state index contributed by atoms with van der Waals surface area (Å²) in [7, 11) is 0. The maximum atomic E-state index is 10.9. The Morgan fingerprint density at radius 1 is 1.29 bits per heavy atom. The first-order valence-electron chi connectivity index (χ1n) is 7.89. The number of imidazole rings is 1. The fraction of sp³-hybridized carbons (Fsp3) is 0.500. The Morgan fingerprint density at radius 2 is 2.10 bits per heavy atom. The van der Waals surface area contributed by atoms with E-state index in [0.29, 0.717) is 0 Å². The molecular formula is C18H22N2O. The first-order valence-corrected chi connectivity index (χ1v) is 7.89. The zero-order valence-electron chi connectivity index (χ0n) is 12.7. The number of hydrogen-bond acceptors (Lipinski definition) is 2. The number of benzene rings is 1.